The van der Waals surface area contributed by atoms with Crippen LogP contribution in [-0.2, 0) is 12.1 Å². The van der Waals surface area contributed by atoms with Crippen LogP contribution in [-0.4, -0.2) is 19.6 Å². The van der Waals surface area contributed by atoms with Gasteiger partial charge in [0.2, 0.25) is 0 Å². The Morgan fingerprint density at radius 2 is 2.04 bits per heavy atom. The molecule has 2 heterocycles. The summed E-state index contributed by atoms with van der Waals surface area (Å²) in [4.78, 5) is 9.24. The SMILES string of the molecule is CC(C)CC1(n2c(CO)nc3cnc4ccccc4c32)C=CC=CC1. The molecule has 0 radical (unpaired) electrons. The first-order valence-corrected chi connectivity index (χ1v) is 8.85. The lowest BCUT2D eigenvalue weighted by Gasteiger charge is -2.36. The number of aliphatic hydroxyl groups excluding tert-OH is 1. The maximum absolute atomic E-state index is 10.0. The number of rotatable bonds is 4. The molecule has 4 rings (SSSR count). The van der Waals surface area contributed by atoms with E-state index in [0.29, 0.717) is 11.7 Å². The minimum Gasteiger partial charge on any atom is -0.388 e. The molecule has 3 aromatic rings. The molecule has 128 valence electrons. The highest BCUT2D eigenvalue weighted by molar-refractivity contribution is 6.02. The lowest BCUT2D eigenvalue weighted by Crippen LogP contribution is -2.35. The quantitative estimate of drug-likeness (QED) is 0.773. The molecule has 0 spiro atoms. The predicted molar refractivity (Wildman–Crippen MR) is 101 cm³/mol. The zero-order valence-electron chi connectivity index (χ0n) is 14.7. The lowest BCUT2D eigenvalue weighted by atomic mass is 9.82. The Balaban J connectivity index is 2.09. The van der Waals surface area contributed by atoms with Crippen LogP contribution in [0, 0.1) is 5.92 Å². The van der Waals surface area contributed by atoms with E-state index >= 15 is 0 Å². The Bertz CT molecular complexity index is 983. The van der Waals surface area contributed by atoms with Gasteiger partial charge in [-0.25, -0.2) is 4.98 Å². The van der Waals surface area contributed by atoms with Gasteiger partial charge in [-0.2, -0.15) is 0 Å². The zero-order valence-corrected chi connectivity index (χ0v) is 14.7. The van der Waals surface area contributed by atoms with Crippen molar-refractivity contribution in [1.29, 1.82) is 0 Å². The fourth-order valence-electron chi connectivity index (χ4n) is 4.11. The number of fused-ring (bicyclic) bond motifs is 3. The van der Waals surface area contributed by atoms with Crippen molar-refractivity contribution < 1.29 is 5.11 Å². The number of allylic oxidation sites excluding steroid dienone is 4. The van der Waals surface area contributed by atoms with Crippen LogP contribution in [0.25, 0.3) is 21.9 Å². The van der Waals surface area contributed by atoms with Gasteiger partial charge in [0, 0.05) is 5.39 Å². The van der Waals surface area contributed by atoms with E-state index in [2.05, 4.69) is 53.8 Å². The molecule has 1 unspecified atom stereocenters. The lowest BCUT2D eigenvalue weighted by molar-refractivity contribution is 0.237. The highest BCUT2D eigenvalue weighted by Gasteiger charge is 2.34. The third kappa shape index (κ3) is 2.57. The summed E-state index contributed by atoms with van der Waals surface area (Å²) >= 11 is 0. The third-order valence-corrected chi connectivity index (χ3v) is 4.93. The molecule has 0 aliphatic heterocycles. The number of aliphatic hydroxyl groups is 1. The molecule has 1 aromatic carbocycles. The van der Waals surface area contributed by atoms with Gasteiger partial charge >= 0.3 is 0 Å². The summed E-state index contributed by atoms with van der Waals surface area (Å²) in [5.74, 6) is 1.22. The second-order valence-electron chi connectivity index (χ2n) is 7.22. The molecule has 25 heavy (non-hydrogen) atoms. The summed E-state index contributed by atoms with van der Waals surface area (Å²) in [6.07, 6.45) is 12.4. The van der Waals surface area contributed by atoms with Crippen LogP contribution < -0.4 is 0 Å². The number of pyridine rings is 1. The van der Waals surface area contributed by atoms with E-state index in [1.807, 2.05) is 24.4 Å². The standard InChI is InChI=1S/C21H23N3O/c1-15(2)12-21(10-6-3-7-11-21)24-19(14-25)23-18-13-22-17-9-5-4-8-16(17)20(18)24/h3-10,13,15,25H,11-12,14H2,1-2H3. The molecule has 2 aromatic heterocycles. The van der Waals surface area contributed by atoms with E-state index in [1.165, 1.54) is 0 Å². The predicted octanol–water partition coefficient (Wildman–Crippen LogP) is 4.33. The van der Waals surface area contributed by atoms with Crippen LogP contribution in [0.4, 0.5) is 0 Å². The number of imidazole rings is 1. The summed E-state index contributed by atoms with van der Waals surface area (Å²) in [5.41, 5.74) is 2.65. The number of benzene rings is 1. The molecule has 0 fully saturated rings. The van der Waals surface area contributed by atoms with Gasteiger partial charge in [-0.1, -0.05) is 56.4 Å². The summed E-state index contributed by atoms with van der Waals surface area (Å²) in [6, 6.07) is 8.15. The fourth-order valence-corrected chi connectivity index (χ4v) is 4.11. The number of aromatic nitrogens is 3. The molecule has 1 aliphatic rings. The normalized spacial score (nSPS) is 20.2. The molecule has 4 nitrogen and oxygen atoms in total. The third-order valence-electron chi connectivity index (χ3n) is 4.93. The van der Waals surface area contributed by atoms with Crippen LogP contribution in [0.15, 0.2) is 54.8 Å². The van der Waals surface area contributed by atoms with Gasteiger partial charge in [0.1, 0.15) is 17.9 Å². The first-order chi connectivity index (χ1) is 12.1. The van der Waals surface area contributed by atoms with E-state index < -0.39 is 0 Å². The van der Waals surface area contributed by atoms with Crippen LogP contribution in [0.5, 0.6) is 0 Å². The molecule has 0 saturated heterocycles. The molecule has 0 bridgehead atoms. The minimum absolute atomic E-state index is 0.0829. The van der Waals surface area contributed by atoms with Gasteiger partial charge in [0.15, 0.2) is 0 Å². The molecule has 0 saturated carbocycles. The van der Waals surface area contributed by atoms with Gasteiger partial charge in [-0.05, 0) is 24.8 Å². The Hall–Kier alpha value is -2.46. The van der Waals surface area contributed by atoms with Crippen LogP contribution in [0.1, 0.15) is 32.5 Å². The van der Waals surface area contributed by atoms with Crippen molar-refractivity contribution in [3.63, 3.8) is 0 Å². The minimum atomic E-state index is -0.208. The number of hydrogen-bond donors (Lipinski definition) is 1. The van der Waals surface area contributed by atoms with Crippen molar-refractivity contribution in [2.45, 2.75) is 38.8 Å². The van der Waals surface area contributed by atoms with Crippen molar-refractivity contribution >= 4 is 21.9 Å². The smallest absolute Gasteiger partial charge is 0.136 e. The number of hydrogen-bond acceptors (Lipinski definition) is 3. The molecule has 1 aliphatic carbocycles. The largest absolute Gasteiger partial charge is 0.388 e. The van der Waals surface area contributed by atoms with Crippen LogP contribution >= 0.6 is 0 Å². The van der Waals surface area contributed by atoms with E-state index in [9.17, 15) is 5.11 Å². The monoisotopic (exact) mass is 333 g/mol. The Morgan fingerprint density at radius 3 is 2.76 bits per heavy atom. The van der Waals surface area contributed by atoms with Crippen molar-refractivity contribution in [1.82, 2.24) is 14.5 Å². The van der Waals surface area contributed by atoms with Gasteiger partial charge in [-0.15, -0.1) is 0 Å². The van der Waals surface area contributed by atoms with Gasteiger partial charge < -0.3 is 9.67 Å². The Labute approximate surface area is 147 Å². The highest BCUT2D eigenvalue weighted by atomic mass is 16.3. The maximum Gasteiger partial charge on any atom is 0.136 e. The van der Waals surface area contributed by atoms with Crippen LogP contribution in [0.2, 0.25) is 0 Å². The summed E-state index contributed by atoms with van der Waals surface area (Å²) in [6.45, 7) is 4.40. The van der Waals surface area contributed by atoms with Crippen molar-refractivity contribution in [3.05, 3.63) is 60.6 Å². The molecule has 4 heteroatoms. The van der Waals surface area contributed by atoms with Gasteiger partial charge in [0.25, 0.3) is 0 Å². The Morgan fingerprint density at radius 1 is 1.20 bits per heavy atom. The topological polar surface area (TPSA) is 50.9 Å². The Kier molecular flexibility index (Phi) is 3.92. The summed E-state index contributed by atoms with van der Waals surface area (Å²) < 4.78 is 2.26. The highest BCUT2D eigenvalue weighted by Crippen LogP contribution is 2.39. The van der Waals surface area contributed by atoms with Crippen LogP contribution in [0.3, 0.4) is 0 Å². The van der Waals surface area contributed by atoms with Crippen molar-refractivity contribution in [2.75, 3.05) is 0 Å². The average molecular weight is 333 g/mol. The first-order valence-electron chi connectivity index (χ1n) is 8.85. The molecular weight excluding hydrogens is 310 g/mol. The van der Waals surface area contributed by atoms with Crippen molar-refractivity contribution in [3.8, 4) is 0 Å². The maximum atomic E-state index is 10.0. The van der Waals surface area contributed by atoms with Gasteiger partial charge in [-0.3, -0.25) is 4.98 Å². The zero-order chi connectivity index (χ0) is 17.4. The molecule has 1 N–H and O–H groups in total. The van der Waals surface area contributed by atoms with E-state index in [0.717, 1.165) is 34.8 Å². The number of para-hydroxylation sites is 1. The first kappa shape index (κ1) is 16.0. The molecule has 0 amide bonds. The fraction of sp³-hybridized carbons (Fsp3) is 0.333. The summed E-state index contributed by atoms with van der Waals surface area (Å²) in [5, 5.41) is 11.1. The second kappa shape index (κ2) is 6.12. The number of nitrogens with zero attached hydrogens (tertiary/aromatic N) is 3. The summed E-state index contributed by atoms with van der Waals surface area (Å²) in [7, 11) is 0. The van der Waals surface area contributed by atoms with E-state index in [1.54, 1.807) is 0 Å². The molecule has 1 atom stereocenters. The van der Waals surface area contributed by atoms with Crippen molar-refractivity contribution in [2.24, 2.45) is 5.92 Å². The average Bonchev–Trinajstić information content (AvgIpc) is 3.02. The van der Waals surface area contributed by atoms with E-state index in [4.69, 9.17) is 4.98 Å². The molecular formula is C21H23N3O. The van der Waals surface area contributed by atoms with E-state index in [-0.39, 0.29) is 12.1 Å². The second-order valence-corrected chi connectivity index (χ2v) is 7.22. The van der Waals surface area contributed by atoms with Gasteiger partial charge in [0.05, 0.1) is 22.8 Å².